The van der Waals surface area contributed by atoms with E-state index in [1.807, 2.05) is 84.9 Å². The summed E-state index contributed by atoms with van der Waals surface area (Å²) in [7, 11) is 1.80. The lowest BCUT2D eigenvalue weighted by Gasteiger charge is -2.19. The predicted molar refractivity (Wildman–Crippen MR) is 130 cm³/mol. The van der Waals surface area contributed by atoms with Crippen molar-refractivity contribution in [3.05, 3.63) is 102 Å². The van der Waals surface area contributed by atoms with Crippen LogP contribution in [0.15, 0.2) is 84.9 Å². The second-order valence-electron chi connectivity index (χ2n) is 8.54. The summed E-state index contributed by atoms with van der Waals surface area (Å²) in [6.45, 7) is 0.445. The van der Waals surface area contributed by atoms with Gasteiger partial charge < -0.3 is 10.2 Å². The number of pyridine rings is 1. The topological polar surface area (TPSA) is 62.3 Å². The molecule has 1 fully saturated rings. The van der Waals surface area contributed by atoms with E-state index in [1.165, 1.54) is 0 Å². The highest BCUT2D eigenvalue weighted by molar-refractivity contribution is 6.07. The van der Waals surface area contributed by atoms with Crippen LogP contribution in [0.5, 0.6) is 0 Å². The Balaban J connectivity index is 1.39. The molecule has 0 spiro atoms. The number of carbonyl (C=O) groups is 2. The van der Waals surface area contributed by atoms with Crippen molar-refractivity contribution in [3.63, 3.8) is 0 Å². The molecule has 3 aromatic carbocycles. The van der Waals surface area contributed by atoms with Crippen LogP contribution in [0.1, 0.15) is 39.1 Å². The van der Waals surface area contributed by atoms with E-state index in [0.717, 1.165) is 40.6 Å². The molecule has 5 nitrogen and oxygen atoms in total. The molecule has 1 aliphatic carbocycles. The smallest absolute Gasteiger partial charge is 0.254 e. The molecule has 33 heavy (non-hydrogen) atoms. The summed E-state index contributed by atoms with van der Waals surface area (Å²) >= 11 is 0. The number of nitrogens with zero attached hydrogens (tertiary/aromatic N) is 2. The second-order valence-corrected chi connectivity index (χ2v) is 8.54. The van der Waals surface area contributed by atoms with E-state index < -0.39 is 0 Å². The van der Waals surface area contributed by atoms with Crippen molar-refractivity contribution in [3.8, 4) is 11.3 Å². The molecule has 0 atom stereocenters. The van der Waals surface area contributed by atoms with Crippen LogP contribution in [-0.2, 0) is 6.54 Å². The molecule has 0 bridgehead atoms. The lowest BCUT2D eigenvalue weighted by molar-refractivity contribution is 0.0786. The summed E-state index contributed by atoms with van der Waals surface area (Å²) in [4.78, 5) is 32.2. The number of fused-ring (bicyclic) bond motifs is 1. The molecular formula is C28H25N3O2. The average molecular weight is 436 g/mol. The van der Waals surface area contributed by atoms with Crippen molar-refractivity contribution in [2.75, 3.05) is 7.05 Å². The van der Waals surface area contributed by atoms with Crippen molar-refractivity contribution in [2.45, 2.75) is 25.4 Å². The van der Waals surface area contributed by atoms with Gasteiger partial charge in [-0.1, -0.05) is 60.7 Å². The Labute approximate surface area is 193 Å². The summed E-state index contributed by atoms with van der Waals surface area (Å²) in [6.07, 6.45) is 2.12. The summed E-state index contributed by atoms with van der Waals surface area (Å²) < 4.78 is 0. The van der Waals surface area contributed by atoms with Crippen molar-refractivity contribution >= 4 is 22.7 Å². The standard InChI is InChI=1S/C28H25N3O2/c1-31(18-19-11-13-21(14-12-19)27(32)29-22-15-16-22)28(33)24-17-26(20-7-3-2-4-8-20)30-25-10-6-5-9-23(24)25/h2-14,17,22H,15-16,18H2,1H3,(H,29,32). The van der Waals surface area contributed by atoms with Crippen molar-refractivity contribution in [2.24, 2.45) is 0 Å². The van der Waals surface area contributed by atoms with Gasteiger partial charge in [-0.3, -0.25) is 9.59 Å². The molecule has 164 valence electrons. The Morgan fingerprint density at radius 3 is 2.36 bits per heavy atom. The maximum atomic E-state index is 13.5. The number of para-hydroxylation sites is 1. The number of hydrogen-bond donors (Lipinski definition) is 1. The first kappa shape index (κ1) is 20.9. The molecule has 0 saturated heterocycles. The summed E-state index contributed by atoms with van der Waals surface area (Å²) in [5.41, 5.74) is 4.78. The number of rotatable bonds is 6. The number of carbonyl (C=O) groups excluding carboxylic acids is 2. The van der Waals surface area contributed by atoms with E-state index in [9.17, 15) is 9.59 Å². The maximum absolute atomic E-state index is 13.5. The number of nitrogens with one attached hydrogen (secondary N) is 1. The molecule has 1 N–H and O–H groups in total. The molecular weight excluding hydrogens is 410 g/mol. The Morgan fingerprint density at radius 1 is 0.939 bits per heavy atom. The molecule has 0 radical (unpaired) electrons. The zero-order valence-electron chi connectivity index (χ0n) is 18.5. The lowest BCUT2D eigenvalue weighted by Crippen LogP contribution is -2.27. The van der Waals surface area contributed by atoms with Gasteiger partial charge in [0.05, 0.1) is 16.8 Å². The first-order valence-corrected chi connectivity index (χ1v) is 11.2. The molecule has 1 aromatic heterocycles. The Kier molecular flexibility index (Phi) is 5.61. The summed E-state index contributed by atoms with van der Waals surface area (Å²) in [5, 5.41) is 3.83. The van der Waals surface area contributed by atoms with Gasteiger partial charge in [-0.05, 0) is 42.7 Å². The SMILES string of the molecule is CN(Cc1ccc(C(=O)NC2CC2)cc1)C(=O)c1cc(-c2ccccc2)nc2ccccc12. The van der Waals surface area contributed by atoms with E-state index in [1.54, 1.807) is 11.9 Å². The van der Waals surface area contributed by atoms with Crippen LogP contribution in [0, 0.1) is 0 Å². The quantitative estimate of drug-likeness (QED) is 0.460. The molecule has 0 unspecified atom stereocenters. The highest BCUT2D eigenvalue weighted by Crippen LogP contribution is 2.26. The van der Waals surface area contributed by atoms with Crippen LogP contribution < -0.4 is 5.32 Å². The molecule has 1 saturated carbocycles. The Bertz CT molecular complexity index is 1310. The Morgan fingerprint density at radius 2 is 1.64 bits per heavy atom. The molecule has 4 aromatic rings. The van der Waals surface area contributed by atoms with Crippen LogP contribution in [-0.4, -0.2) is 34.8 Å². The number of benzene rings is 3. The maximum Gasteiger partial charge on any atom is 0.254 e. The summed E-state index contributed by atoms with van der Waals surface area (Å²) in [6, 6.07) is 27.3. The summed E-state index contributed by atoms with van der Waals surface area (Å²) in [5.74, 6) is -0.105. The van der Waals surface area contributed by atoms with Crippen molar-refractivity contribution < 1.29 is 9.59 Å². The Hall–Kier alpha value is -3.99. The largest absolute Gasteiger partial charge is 0.349 e. The van der Waals surface area contributed by atoms with Crippen molar-refractivity contribution in [1.29, 1.82) is 0 Å². The van der Waals surface area contributed by atoms with Gasteiger partial charge in [0.2, 0.25) is 0 Å². The van der Waals surface area contributed by atoms with E-state index >= 15 is 0 Å². The molecule has 2 amide bonds. The fourth-order valence-electron chi connectivity index (χ4n) is 3.92. The monoisotopic (exact) mass is 435 g/mol. The third-order valence-corrected chi connectivity index (χ3v) is 5.91. The second kappa shape index (κ2) is 8.87. The van der Waals surface area contributed by atoms with Crippen LogP contribution in [0.3, 0.4) is 0 Å². The number of aromatic nitrogens is 1. The first-order valence-electron chi connectivity index (χ1n) is 11.2. The fraction of sp³-hybridized carbons (Fsp3) is 0.179. The van der Waals surface area contributed by atoms with Gasteiger partial charge in [-0.15, -0.1) is 0 Å². The molecule has 5 heteroatoms. The minimum atomic E-state index is -0.0682. The van der Waals surface area contributed by atoms with Gasteiger partial charge in [-0.25, -0.2) is 4.98 Å². The number of hydrogen-bond acceptors (Lipinski definition) is 3. The average Bonchev–Trinajstić information content (AvgIpc) is 3.68. The van der Waals surface area contributed by atoms with Gasteiger partial charge in [0.25, 0.3) is 11.8 Å². The third-order valence-electron chi connectivity index (χ3n) is 5.91. The van der Waals surface area contributed by atoms with E-state index in [4.69, 9.17) is 4.98 Å². The zero-order valence-corrected chi connectivity index (χ0v) is 18.5. The van der Waals surface area contributed by atoms with Crippen LogP contribution in [0.4, 0.5) is 0 Å². The minimum absolute atomic E-state index is 0.0369. The fourth-order valence-corrected chi connectivity index (χ4v) is 3.92. The van der Waals surface area contributed by atoms with Gasteiger partial charge in [0.1, 0.15) is 0 Å². The normalized spacial score (nSPS) is 13.0. The van der Waals surface area contributed by atoms with Crippen LogP contribution in [0.25, 0.3) is 22.2 Å². The first-order chi connectivity index (χ1) is 16.1. The lowest BCUT2D eigenvalue weighted by atomic mass is 10.0. The van der Waals surface area contributed by atoms with E-state index in [-0.39, 0.29) is 11.8 Å². The molecule has 0 aliphatic heterocycles. The molecule has 1 heterocycles. The van der Waals surface area contributed by atoms with Gasteiger partial charge >= 0.3 is 0 Å². The van der Waals surface area contributed by atoms with E-state index in [0.29, 0.717) is 23.7 Å². The predicted octanol–water partition coefficient (Wildman–Crippen LogP) is 5.07. The van der Waals surface area contributed by atoms with Gasteiger partial charge in [0, 0.05) is 36.1 Å². The van der Waals surface area contributed by atoms with Crippen molar-refractivity contribution in [1.82, 2.24) is 15.2 Å². The highest BCUT2D eigenvalue weighted by Gasteiger charge is 2.24. The molecule has 1 aliphatic rings. The number of amides is 2. The van der Waals surface area contributed by atoms with E-state index in [2.05, 4.69) is 5.32 Å². The molecule has 5 rings (SSSR count). The van der Waals surface area contributed by atoms with Crippen LogP contribution >= 0.6 is 0 Å². The minimum Gasteiger partial charge on any atom is -0.349 e. The zero-order chi connectivity index (χ0) is 22.8. The highest BCUT2D eigenvalue weighted by atomic mass is 16.2. The van der Waals surface area contributed by atoms with Gasteiger partial charge in [0.15, 0.2) is 0 Å². The van der Waals surface area contributed by atoms with Gasteiger partial charge in [-0.2, -0.15) is 0 Å². The van der Waals surface area contributed by atoms with Crippen LogP contribution in [0.2, 0.25) is 0 Å². The third kappa shape index (κ3) is 4.62.